The lowest BCUT2D eigenvalue weighted by Crippen LogP contribution is -2.05. The molecule has 0 spiro atoms. The number of hydrogen-bond acceptors (Lipinski definition) is 3. The van der Waals surface area contributed by atoms with Gasteiger partial charge in [-0.25, -0.2) is 9.97 Å². The van der Waals surface area contributed by atoms with Crippen LogP contribution in [0.4, 0.5) is 0 Å². The molecule has 2 aromatic rings. The Balaban J connectivity index is 2.60. The molecule has 0 aromatic carbocycles. The summed E-state index contributed by atoms with van der Waals surface area (Å²) in [5.41, 5.74) is 2.44. The molecule has 2 heterocycles. The van der Waals surface area contributed by atoms with Crippen LogP contribution in [0.15, 0.2) is 6.20 Å². The summed E-state index contributed by atoms with van der Waals surface area (Å²) < 4.78 is 0. The van der Waals surface area contributed by atoms with Crippen molar-refractivity contribution in [3.05, 3.63) is 23.3 Å². The smallest absolute Gasteiger partial charge is 0.307 e. The first-order valence-corrected chi connectivity index (χ1v) is 6.61. The predicted octanol–water partition coefficient (Wildman–Crippen LogP) is 2.66. The number of carboxylic acids is 1. The SMILES string of the molecule is CCCc1nc(C(C)C)c2c(CC(=O)O)c[nH]c2n1. The Hall–Kier alpha value is -1.91. The lowest BCUT2D eigenvalue weighted by molar-refractivity contribution is -0.136. The lowest BCUT2D eigenvalue weighted by Gasteiger charge is -2.09. The number of carbonyl (C=O) groups is 1. The average Bonchev–Trinajstić information content (AvgIpc) is 2.71. The minimum absolute atomic E-state index is 0.00377. The van der Waals surface area contributed by atoms with Gasteiger partial charge in [0.05, 0.1) is 12.1 Å². The molecule has 19 heavy (non-hydrogen) atoms. The van der Waals surface area contributed by atoms with Crippen molar-refractivity contribution in [1.29, 1.82) is 0 Å². The van der Waals surface area contributed by atoms with Gasteiger partial charge in [-0.3, -0.25) is 4.79 Å². The summed E-state index contributed by atoms with van der Waals surface area (Å²) in [5, 5.41) is 9.83. The van der Waals surface area contributed by atoms with Crippen molar-refractivity contribution in [3.8, 4) is 0 Å². The van der Waals surface area contributed by atoms with Gasteiger partial charge in [0.2, 0.25) is 0 Å². The third kappa shape index (κ3) is 2.75. The maximum absolute atomic E-state index is 10.9. The molecule has 0 amide bonds. The first-order chi connectivity index (χ1) is 9.02. The van der Waals surface area contributed by atoms with E-state index in [1.807, 2.05) is 0 Å². The number of aryl methyl sites for hydroxylation is 1. The first-order valence-electron chi connectivity index (χ1n) is 6.61. The lowest BCUT2D eigenvalue weighted by atomic mass is 10.0. The van der Waals surface area contributed by atoms with E-state index in [4.69, 9.17) is 5.11 Å². The van der Waals surface area contributed by atoms with Crippen molar-refractivity contribution in [2.45, 2.75) is 46.0 Å². The molecule has 0 aliphatic heterocycles. The summed E-state index contributed by atoms with van der Waals surface area (Å²) in [6.07, 6.45) is 3.56. The minimum atomic E-state index is -0.840. The van der Waals surface area contributed by atoms with Crippen LogP contribution < -0.4 is 0 Å². The van der Waals surface area contributed by atoms with Gasteiger partial charge in [-0.05, 0) is 17.9 Å². The van der Waals surface area contributed by atoms with E-state index in [1.54, 1.807) is 6.20 Å². The second-order valence-electron chi connectivity index (χ2n) is 5.04. The van der Waals surface area contributed by atoms with E-state index in [0.717, 1.165) is 41.0 Å². The highest BCUT2D eigenvalue weighted by Gasteiger charge is 2.17. The van der Waals surface area contributed by atoms with E-state index in [1.165, 1.54) is 0 Å². The second-order valence-corrected chi connectivity index (χ2v) is 5.04. The van der Waals surface area contributed by atoms with Crippen molar-refractivity contribution in [1.82, 2.24) is 15.0 Å². The molecule has 0 aliphatic carbocycles. The second kappa shape index (κ2) is 5.38. The van der Waals surface area contributed by atoms with Gasteiger partial charge in [-0.2, -0.15) is 0 Å². The Morgan fingerprint density at radius 3 is 2.74 bits per heavy atom. The number of carboxylic acid groups (broad SMARTS) is 1. The summed E-state index contributed by atoms with van der Waals surface area (Å²) in [4.78, 5) is 23.1. The predicted molar refractivity (Wildman–Crippen MR) is 73.3 cm³/mol. The van der Waals surface area contributed by atoms with Gasteiger partial charge in [0.25, 0.3) is 0 Å². The Morgan fingerprint density at radius 1 is 1.42 bits per heavy atom. The molecule has 0 atom stereocenters. The summed E-state index contributed by atoms with van der Waals surface area (Å²) in [6.45, 7) is 6.22. The summed E-state index contributed by atoms with van der Waals surface area (Å²) in [6, 6.07) is 0. The van der Waals surface area contributed by atoms with Gasteiger partial charge in [-0.1, -0.05) is 20.8 Å². The summed E-state index contributed by atoms with van der Waals surface area (Å²) in [5.74, 6) is 0.222. The van der Waals surface area contributed by atoms with Crippen LogP contribution in [0, 0.1) is 0 Å². The topological polar surface area (TPSA) is 78.9 Å². The highest BCUT2D eigenvalue weighted by molar-refractivity contribution is 5.86. The molecular formula is C14H19N3O2. The number of aromatic amines is 1. The minimum Gasteiger partial charge on any atom is -0.481 e. The largest absolute Gasteiger partial charge is 0.481 e. The number of H-pyrrole nitrogens is 1. The molecule has 2 rings (SSSR count). The van der Waals surface area contributed by atoms with E-state index in [-0.39, 0.29) is 12.3 Å². The van der Waals surface area contributed by atoms with E-state index in [9.17, 15) is 4.79 Å². The van der Waals surface area contributed by atoms with Crippen LogP contribution in [0.25, 0.3) is 11.0 Å². The molecule has 2 aromatic heterocycles. The van der Waals surface area contributed by atoms with Gasteiger partial charge >= 0.3 is 5.97 Å². The Kier molecular flexibility index (Phi) is 3.83. The van der Waals surface area contributed by atoms with Gasteiger partial charge in [0.15, 0.2) is 0 Å². The fourth-order valence-corrected chi connectivity index (χ4v) is 2.23. The van der Waals surface area contributed by atoms with Crippen LogP contribution in [0.3, 0.4) is 0 Å². The molecule has 102 valence electrons. The van der Waals surface area contributed by atoms with E-state index < -0.39 is 5.97 Å². The number of nitrogens with zero attached hydrogens (tertiary/aromatic N) is 2. The molecule has 0 aliphatic rings. The third-order valence-electron chi connectivity index (χ3n) is 3.05. The van der Waals surface area contributed by atoms with Crippen molar-refractivity contribution in [3.63, 3.8) is 0 Å². The van der Waals surface area contributed by atoms with Crippen LogP contribution in [0.1, 0.15) is 50.2 Å². The van der Waals surface area contributed by atoms with E-state index in [2.05, 4.69) is 35.7 Å². The highest BCUT2D eigenvalue weighted by atomic mass is 16.4. The first kappa shape index (κ1) is 13.5. The zero-order valence-corrected chi connectivity index (χ0v) is 11.5. The maximum Gasteiger partial charge on any atom is 0.307 e. The van der Waals surface area contributed by atoms with Gasteiger partial charge in [0.1, 0.15) is 11.5 Å². The van der Waals surface area contributed by atoms with Gasteiger partial charge in [-0.15, -0.1) is 0 Å². The Labute approximate surface area is 112 Å². The van der Waals surface area contributed by atoms with Crippen LogP contribution in [-0.4, -0.2) is 26.0 Å². The van der Waals surface area contributed by atoms with Crippen molar-refractivity contribution in [2.24, 2.45) is 0 Å². The molecule has 0 fully saturated rings. The van der Waals surface area contributed by atoms with Gasteiger partial charge in [0, 0.05) is 18.0 Å². The molecule has 0 saturated heterocycles. The Morgan fingerprint density at radius 2 is 2.16 bits per heavy atom. The van der Waals surface area contributed by atoms with E-state index >= 15 is 0 Å². The molecule has 0 bridgehead atoms. The third-order valence-corrected chi connectivity index (χ3v) is 3.05. The molecule has 5 nitrogen and oxygen atoms in total. The number of rotatable bonds is 5. The molecule has 2 N–H and O–H groups in total. The van der Waals surface area contributed by atoms with E-state index in [0.29, 0.717) is 0 Å². The zero-order chi connectivity index (χ0) is 14.0. The number of fused-ring (bicyclic) bond motifs is 1. The van der Waals surface area contributed by atoms with Crippen molar-refractivity contribution < 1.29 is 9.90 Å². The molecule has 0 saturated carbocycles. The number of aromatic nitrogens is 3. The van der Waals surface area contributed by atoms with Crippen molar-refractivity contribution in [2.75, 3.05) is 0 Å². The normalized spacial score (nSPS) is 11.4. The molecule has 0 radical (unpaired) electrons. The summed E-state index contributed by atoms with van der Waals surface area (Å²) >= 11 is 0. The highest BCUT2D eigenvalue weighted by Crippen LogP contribution is 2.26. The van der Waals surface area contributed by atoms with Crippen LogP contribution >= 0.6 is 0 Å². The fraction of sp³-hybridized carbons (Fsp3) is 0.500. The summed E-state index contributed by atoms with van der Waals surface area (Å²) in [7, 11) is 0. The molecular weight excluding hydrogens is 242 g/mol. The maximum atomic E-state index is 10.9. The van der Waals surface area contributed by atoms with Crippen LogP contribution in [0.5, 0.6) is 0 Å². The fourth-order valence-electron chi connectivity index (χ4n) is 2.23. The number of hydrogen-bond donors (Lipinski definition) is 2. The van der Waals surface area contributed by atoms with Gasteiger partial charge < -0.3 is 10.1 Å². The standard InChI is InChI=1S/C14H19N3O2/c1-4-5-10-16-13(8(2)3)12-9(6-11(18)19)7-15-14(12)17-10/h7-8H,4-6H2,1-3H3,(H,18,19)(H,15,16,17). The monoisotopic (exact) mass is 261 g/mol. The van der Waals surface area contributed by atoms with Crippen LogP contribution in [-0.2, 0) is 17.6 Å². The number of aliphatic carboxylic acids is 1. The van der Waals surface area contributed by atoms with Crippen LogP contribution in [0.2, 0.25) is 0 Å². The van der Waals surface area contributed by atoms with Crippen molar-refractivity contribution >= 4 is 17.0 Å². The average molecular weight is 261 g/mol. The number of nitrogens with one attached hydrogen (secondary N) is 1. The Bertz CT molecular complexity index is 602. The molecule has 5 heteroatoms. The zero-order valence-electron chi connectivity index (χ0n) is 11.5. The molecule has 0 unspecified atom stereocenters. The quantitative estimate of drug-likeness (QED) is 0.867.